The van der Waals surface area contributed by atoms with E-state index in [1.807, 2.05) is 36.4 Å². The number of aliphatic hydroxyl groups excluding tert-OH is 1. The van der Waals surface area contributed by atoms with Crippen LogP contribution in [0, 0.1) is 0 Å². The quantitative estimate of drug-likeness (QED) is 0.824. The standard InChI is InChI=1S/C13H15NO2/c1-16-12-7-6-9-4-2-3-5-10(9)13(12)11(14)8-15/h2-7,11,15H,8,14H2,1H3/t11-/m1/s1. The van der Waals surface area contributed by atoms with E-state index in [1.54, 1.807) is 7.11 Å². The molecule has 0 aromatic heterocycles. The lowest BCUT2D eigenvalue weighted by molar-refractivity contribution is 0.265. The molecule has 2 aromatic carbocycles. The Morgan fingerprint density at radius 2 is 2.00 bits per heavy atom. The van der Waals surface area contributed by atoms with E-state index in [2.05, 4.69) is 0 Å². The summed E-state index contributed by atoms with van der Waals surface area (Å²) in [5, 5.41) is 11.3. The average molecular weight is 217 g/mol. The molecule has 84 valence electrons. The minimum Gasteiger partial charge on any atom is -0.496 e. The van der Waals surface area contributed by atoms with E-state index >= 15 is 0 Å². The van der Waals surface area contributed by atoms with Gasteiger partial charge in [-0.25, -0.2) is 0 Å². The molecule has 0 heterocycles. The van der Waals surface area contributed by atoms with Gasteiger partial charge in [0, 0.05) is 5.56 Å². The van der Waals surface area contributed by atoms with Crippen LogP contribution in [0.2, 0.25) is 0 Å². The maximum absolute atomic E-state index is 9.19. The number of hydrogen-bond acceptors (Lipinski definition) is 3. The van der Waals surface area contributed by atoms with E-state index < -0.39 is 6.04 Å². The number of fused-ring (bicyclic) bond motifs is 1. The highest BCUT2D eigenvalue weighted by atomic mass is 16.5. The summed E-state index contributed by atoms with van der Waals surface area (Å²) < 4.78 is 5.29. The number of aliphatic hydroxyl groups is 1. The molecule has 2 rings (SSSR count). The first-order valence-electron chi connectivity index (χ1n) is 5.20. The second-order valence-corrected chi connectivity index (χ2v) is 3.69. The number of nitrogens with two attached hydrogens (primary N) is 1. The zero-order valence-electron chi connectivity index (χ0n) is 9.18. The molecule has 2 aromatic rings. The lowest BCUT2D eigenvalue weighted by Gasteiger charge is -2.16. The molecule has 0 radical (unpaired) electrons. The fourth-order valence-corrected chi connectivity index (χ4v) is 1.93. The topological polar surface area (TPSA) is 55.5 Å². The van der Waals surface area contributed by atoms with Crippen molar-refractivity contribution in [3.05, 3.63) is 42.0 Å². The van der Waals surface area contributed by atoms with Crippen LogP contribution in [0.3, 0.4) is 0 Å². The number of ether oxygens (including phenoxy) is 1. The van der Waals surface area contributed by atoms with Gasteiger partial charge in [0.1, 0.15) is 5.75 Å². The maximum atomic E-state index is 9.19. The summed E-state index contributed by atoms with van der Waals surface area (Å²) >= 11 is 0. The molecular weight excluding hydrogens is 202 g/mol. The first kappa shape index (κ1) is 10.9. The van der Waals surface area contributed by atoms with Gasteiger partial charge in [-0.15, -0.1) is 0 Å². The highest BCUT2D eigenvalue weighted by Crippen LogP contribution is 2.31. The van der Waals surface area contributed by atoms with Gasteiger partial charge in [-0.3, -0.25) is 0 Å². The Kier molecular flexibility index (Phi) is 3.08. The Bertz CT molecular complexity index is 496. The molecule has 16 heavy (non-hydrogen) atoms. The summed E-state index contributed by atoms with van der Waals surface area (Å²) in [5.41, 5.74) is 6.77. The van der Waals surface area contributed by atoms with Crippen LogP contribution in [-0.2, 0) is 0 Å². The van der Waals surface area contributed by atoms with Crippen LogP contribution < -0.4 is 10.5 Å². The molecule has 0 aliphatic heterocycles. The molecule has 0 amide bonds. The first-order chi connectivity index (χ1) is 7.77. The SMILES string of the molecule is COc1ccc2ccccc2c1[C@H](N)CO. The second kappa shape index (κ2) is 4.51. The van der Waals surface area contributed by atoms with Crippen molar-refractivity contribution in [1.29, 1.82) is 0 Å². The van der Waals surface area contributed by atoms with Crippen LogP contribution in [0.4, 0.5) is 0 Å². The van der Waals surface area contributed by atoms with Crippen LogP contribution in [0.25, 0.3) is 10.8 Å². The monoisotopic (exact) mass is 217 g/mol. The first-order valence-corrected chi connectivity index (χ1v) is 5.20. The van der Waals surface area contributed by atoms with E-state index in [0.29, 0.717) is 0 Å². The Balaban J connectivity index is 2.72. The predicted molar refractivity (Wildman–Crippen MR) is 64.5 cm³/mol. The fourth-order valence-electron chi connectivity index (χ4n) is 1.93. The van der Waals surface area contributed by atoms with Crippen LogP contribution >= 0.6 is 0 Å². The maximum Gasteiger partial charge on any atom is 0.124 e. The van der Waals surface area contributed by atoms with E-state index in [1.165, 1.54) is 0 Å². The molecule has 3 heteroatoms. The molecule has 0 aliphatic rings. The molecule has 0 aliphatic carbocycles. The minimum atomic E-state index is -0.416. The molecule has 0 saturated carbocycles. The number of methoxy groups -OCH3 is 1. The Morgan fingerprint density at radius 3 is 2.69 bits per heavy atom. The van der Waals surface area contributed by atoms with Crippen LogP contribution in [0.5, 0.6) is 5.75 Å². The van der Waals surface area contributed by atoms with Gasteiger partial charge in [0.2, 0.25) is 0 Å². The fraction of sp³-hybridized carbons (Fsp3) is 0.231. The summed E-state index contributed by atoms with van der Waals surface area (Å²) in [5.74, 6) is 0.722. The van der Waals surface area contributed by atoms with E-state index in [4.69, 9.17) is 10.5 Å². The lowest BCUT2D eigenvalue weighted by Crippen LogP contribution is -2.16. The molecule has 0 fully saturated rings. The molecule has 0 spiro atoms. The molecule has 3 N–H and O–H groups in total. The minimum absolute atomic E-state index is 0.0929. The highest BCUT2D eigenvalue weighted by molar-refractivity contribution is 5.88. The van der Waals surface area contributed by atoms with Crippen molar-refractivity contribution in [1.82, 2.24) is 0 Å². The third-order valence-corrected chi connectivity index (χ3v) is 2.72. The van der Waals surface area contributed by atoms with Gasteiger partial charge in [0.15, 0.2) is 0 Å². The van der Waals surface area contributed by atoms with E-state index in [0.717, 1.165) is 22.1 Å². The van der Waals surface area contributed by atoms with Crippen LogP contribution in [-0.4, -0.2) is 18.8 Å². The van der Waals surface area contributed by atoms with Gasteiger partial charge < -0.3 is 15.6 Å². The van der Waals surface area contributed by atoms with E-state index in [9.17, 15) is 5.11 Å². The summed E-state index contributed by atoms with van der Waals surface area (Å²) in [4.78, 5) is 0. The van der Waals surface area contributed by atoms with Crippen molar-refractivity contribution in [3.63, 3.8) is 0 Å². The smallest absolute Gasteiger partial charge is 0.124 e. The van der Waals surface area contributed by atoms with Crippen molar-refractivity contribution >= 4 is 10.8 Å². The molecule has 0 unspecified atom stereocenters. The number of rotatable bonds is 3. The summed E-state index contributed by atoms with van der Waals surface area (Å²) in [6.45, 7) is -0.0929. The molecule has 0 bridgehead atoms. The van der Waals surface area contributed by atoms with Crippen molar-refractivity contribution < 1.29 is 9.84 Å². The van der Waals surface area contributed by atoms with Crippen molar-refractivity contribution in [2.45, 2.75) is 6.04 Å². The second-order valence-electron chi connectivity index (χ2n) is 3.69. The Morgan fingerprint density at radius 1 is 1.25 bits per heavy atom. The van der Waals surface area contributed by atoms with Crippen LogP contribution in [0.1, 0.15) is 11.6 Å². The van der Waals surface area contributed by atoms with Crippen molar-refractivity contribution in [3.8, 4) is 5.75 Å². The average Bonchev–Trinajstić information content (AvgIpc) is 2.36. The number of hydrogen-bond donors (Lipinski definition) is 2. The van der Waals surface area contributed by atoms with Gasteiger partial charge in [-0.05, 0) is 16.8 Å². The molecule has 0 saturated heterocycles. The third kappa shape index (κ3) is 1.75. The summed E-state index contributed by atoms with van der Waals surface area (Å²) in [6, 6.07) is 11.4. The summed E-state index contributed by atoms with van der Waals surface area (Å²) in [7, 11) is 1.61. The Hall–Kier alpha value is -1.58. The van der Waals surface area contributed by atoms with Gasteiger partial charge in [-0.1, -0.05) is 30.3 Å². The highest BCUT2D eigenvalue weighted by Gasteiger charge is 2.14. The number of benzene rings is 2. The zero-order valence-corrected chi connectivity index (χ0v) is 9.18. The molecular formula is C13H15NO2. The summed E-state index contributed by atoms with van der Waals surface area (Å²) in [6.07, 6.45) is 0. The zero-order chi connectivity index (χ0) is 11.5. The van der Waals surface area contributed by atoms with Gasteiger partial charge in [0.25, 0.3) is 0 Å². The van der Waals surface area contributed by atoms with Crippen molar-refractivity contribution in [2.75, 3.05) is 13.7 Å². The van der Waals surface area contributed by atoms with Crippen LogP contribution in [0.15, 0.2) is 36.4 Å². The van der Waals surface area contributed by atoms with Gasteiger partial charge in [-0.2, -0.15) is 0 Å². The van der Waals surface area contributed by atoms with Gasteiger partial charge in [0.05, 0.1) is 19.8 Å². The largest absolute Gasteiger partial charge is 0.496 e. The lowest BCUT2D eigenvalue weighted by atomic mass is 9.98. The van der Waals surface area contributed by atoms with Crippen molar-refractivity contribution in [2.24, 2.45) is 5.73 Å². The molecule has 1 atom stereocenters. The normalized spacial score (nSPS) is 12.7. The molecule has 3 nitrogen and oxygen atoms in total. The Labute approximate surface area is 94.5 Å². The predicted octanol–water partition coefficient (Wildman–Crippen LogP) is 1.84. The third-order valence-electron chi connectivity index (χ3n) is 2.72. The van der Waals surface area contributed by atoms with Gasteiger partial charge >= 0.3 is 0 Å². The van der Waals surface area contributed by atoms with E-state index in [-0.39, 0.29) is 6.61 Å².